The van der Waals surface area contributed by atoms with Gasteiger partial charge in [0.05, 0.1) is 6.10 Å². The van der Waals surface area contributed by atoms with Gasteiger partial charge < -0.3 is 10.4 Å². The highest BCUT2D eigenvalue weighted by Crippen LogP contribution is 2.26. The Kier molecular flexibility index (Phi) is 3.55. The van der Waals surface area contributed by atoms with Crippen LogP contribution in [0.2, 0.25) is 0 Å². The average Bonchev–Trinajstić information content (AvgIpc) is 2.21. The van der Waals surface area contributed by atoms with Crippen LogP contribution in [0.4, 0.5) is 0 Å². The van der Waals surface area contributed by atoms with E-state index in [0.717, 1.165) is 12.8 Å². The molecule has 1 aromatic rings. The molecule has 1 aliphatic carbocycles. The van der Waals surface area contributed by atoms with Crippen LogP contribution in [-0.4, -0.2) is 17.3 Å². The maximum absolute atomic E-state index is 9.30. The van der Waals surface area contributed by atoms with Crippen molar-refractivity contribution in [1.29, 1.82) is 0 Å². The number of hydrogen-bond donors (Lipinski definition) is 2. The van der Waals surface area contributed by atoms with Gasteiger partial charge in [-0.25, -0.2) is 0 Å². The lowest BCUT2D eigenvalue weighted by Gasteiger charge is -2.35. The van der Waals surface area contributed by atoms with Crippen molar-refractivity contribution in [2.24, 2.45) is 0 Å². The third kappa shape index (κ3) is 2.70. The monoisotopic (exact) mass is 233 g/mol. The Morgan fingerprint density at radius 2 is 1.71 bits per heavy atom. The Hall–Kier alpha value is -0.860. The highest BCUT2D eigenvalue weighted by atomic mass is 16.3. The summed E-state index contributed by atoms with van der Waals surface area (Å²) in [4.78, 5) is 0. The van der Waals surface area contributed by atoms with Gasteiger partial charge in [0, 0.05) is 12.1 Å². The molecule has 0 heterocycles. The molecule has 0 aromatic heterocycles. The Bertz CT molecular complexity index is 408. The Labute approximate surface area is 104 Å². The van der Waals surface area contributed by atoms with Crippen LogP contribution in [0.5, 0.6) is 0 Å². The maximum atomic E-state index is 9.30. The van der Waals surface area contributed by atoms with Crippen LogP contribution in [0, 0.1) is 20.8 Å². The summed E-state index contributed by atoms with van der Waals surface area (Å²) < 4.78 is 0. The van der Waals surface area contributed by atoms with Crippen molar-refractivity contribution in [3.05, 3.63) is 34.4 Å². The van der Waals surface area contributed by atoms with E-state index < -0.39 is 0 Å². The Balaban J connectivity index is 2.08. The van der Waals surface area contributed by atoms with Gasteiger partial charge in [0.2, 0.25) is 0 Å². The first-order valence-electron chi connectivity index (χ1n) is 6.49. The van der Waals surface area contributed by atoms with Crippen LogP contribution in [-0.2, 0) is 0 Å². The number of aryl methyl sites for hydroxylation is 3. The molecular formula is C15H23NO. The second-order valence-electron chi connectivity index (χ2n) is 5.50. The Morgan fingerprint density at radius 1 is 1.12 bits per heavy atom. The lowest BCUT2D eigenvalue weighted by Crippen LogP contribution is -2.45. The van der Waals surface area contributed by atoms with Crippen LogP contribution in [0.1, 0.15) is 48.1 Å². The van der Waals surface area contributed by atoms with Crippen molar-refractivity contribution in [2.45, 2.75) is 58.7 Å². The van der Waals surface area contributed by atoms with E-state index in [-0.39, 0.29) is 6.10 Å². The van der Waals surface area contributed by atoms with Gasteiger partial charge >= 0.3 is 0 Å². The van der Waals surface area contributed by atoms with Crippen LogP contribution in [0.15, 0.2) is 12.1 Å². The molecule has 2 rings (SSSR count). The van der Waals surface area contributed by atoms with E-state index >= 15 is 0 Å². The van der Waals surface area contributed by atoms with Gasteiger partial charge in [-0.3, -0.25) is 0 Å². The second-order valence-corrected chi connectivity index (χ2v) is 5.50. The summed E-state index contributed by atoms with van der Waals surface area (Å²) in [5.74, 6) is 0. The largest absolute Gasteiger partial charge is 0.393 e. The van der Waals surface area contributed by atoms with Gasteiger partial charge in [-0.2, -0.15) is 0 Å². The third-order valence-electron chi connectivity index (χ3n) is 3.95. The summed E-state index contributed by atoms with van der Waals surface area (Å²) in [6.07, 6.45) is 1.71. The van der Waals surface area contributed by atoms with Gasteiger partial charge in [-0.1, -0.05) is 12.1 Å². The van der Waals surface area contributed by atoms with Crippen LogP contribution in [0.25, 0.3) is 0 Å². The summed E-state index contributed by atoms with van der Waals surface area (Å²) in [5.41, 5.74) is 5.45. The molecule has 1 unspecified atom stereocenters. The summed E-state index contributed by atoms with van der Waals surface area (Å²) in [6.45, 7) is 8.71. The van der Waals surface area contributed by atoms with E-state index in [0.29, 0.717) is 12.1 Å². The fourth-order valence-corrected chi connectivity index (χ4v) is 2.62. The molecule has 0 radical (unpaired) electrons. The van der Waals surface area contributed by atoms with E-state index in [4.69, 9.17) is 0 Å². The summed E-state index contributed by atoms with van der Waals surface area (Å²) in [6, 6.07) is 5.41. The van der Waals surface area contributed by atoms with Gasteiger partial charge in [-0.15, -0.1) is 0 Å². The molecule has 0 spiro atoms. The van der Waals surface area contributed by atoms with Crippen molar-refractivity contribution in [3.8, 4) is 0 Å². The summed E-state index contributed by atoms with van der Waals surface area (Å²) in [5, 5.41) is 12.9. The van der Waals surface area contributed by atoms with Gasteiger partial charge in [0.15, 0.2) is 0 Å². The van der Waals surface area contributed by atoms with E-state index in [1.54, 1.807) is 0 Å². The SMILES string of the molecule is Cc1cc(C)c(C(C)NC2CC(O)C2)cc1C. The number of hydrogen-bond acceptors (Lipinski definition) is 2. The first kappa shape index (κ1) is 12.6. The quantitative estimate of drug-likeness (QED) is 0.841. The van der Waals surface area contributed by atoms with Crippen molar-refractivity contribution in [1.82, 2.24) is 5.32 Å². The number of rotatable bonds is 3. The van der Waals surface area contributed by atoms with E-state index in [2.05, 4.69) is 45.1 Å². The van der Waals surface area contributed by atoms with Crippen molar-refractivity contribution < 1.29 is 5.11 Å². The lowest BCUT2D eigenvalue weighted by atomic mass is 9.88. The molecular weight excluding hydrogens is 210 g/mol. The molecule has 0 saturated heterocycles. The Morgan fingerprint density at radius 3 is 2.29 bits per heavy atom. The van der Waals surface area contributed by atoms with Gasteiger partial charge in [0.1, 0.15) is 0 Å². The van der Waals surface area contributed by atoms with Crippen molar-refractivity contribution in [2.75, 3.05) is 0 Å². The molecule has 1 aliphatic rings. The number of nitrogens with one attached hydrogen (secondary N) is 1. The zero-order valence-electron chi connectivity index (χ0n) is 11.2. The molecule has 1 aromatic carbocycles. The zero-order valence-corrected chi connectivity index (χ0v) is 11.2. The summed E-state index contributed by atoms with van der Waals surface area (Å²) in [7, 11) is 0. The molecule has 2 nitrogen and oxygen atoms in total. The minimum Gasteiger partial charge on any atom is -0.393 e. The predicted octanol–water partition coefficient (Wildman–Crippen LogP) is 2.79. The molecule has 0 aliphatic heterocycles. The number of benzene rings is 1. The number of aliphatic hydroxyl groups is 1. The van der Waals surface area contributed by atoms with Gasteiger partial charge in [-0.05, 0) is 62.8 Å². The van der Waals surface area contributed by atoms with Gasteiger partial charge in [0.25, 0.3) is 0 Å². The molecule has 2 N–H and O–H groups in total. The molecule has 17 heavy (non-hydrogen) atoms. The molecule has 1 atom stereocenters. The van der Waals surface area contributed by atoms with E-state index in [9.17, 15) is 5.11 Å². The van der Waals surface area contributed by atoms with Crippen molar-refractivity contribution >= 4 is 0 Å². The fourth-order valence-electron chi connectivity index (χ4n) is 2.62. The predicted molar refractivity (Wildman–Crippen MR) is 71.2 cm³/mol. The van der Waals surface area contributed by atoms with E-state index in [1.807, 2.05) is 0 Å². The first-order valence-corrected chi connectivity index (χ1v) is 6.49. The third-order valence-corrected chi connectivity index (χ3v) is 3.95. The fraction of sp³-hybridized carbons (Fsp3) is 0.600. The normalized spacial score (nSPS) is 25.5. The van der Waals surface area contributed by atoms with Crippen LogP contribution < -0.4 is 5.32 Å². The van der Waals surface area contributed by atoms with Crippen LogP contribution >= 0.6 is 0 Å². The molecule has 94 valence electrons. The molecule has 1 fully saturated rings. The smallest absolute Gasteiger partial charge is 0.0570 e. The van der Waals surface area contributed by atoms with Crippen molar-refractivity contribution in [3.63, 3.8) is 0 Å². The highest BCUT2D eigenvalue weighted by molar-refractivity contribution is 5.38. The molecule has 0 amide bonds. The second kappa shape index (κ2) is 4.79. The molecule has 2 heteroatoms. The highest BCUT2D eigenvalue weighted by Gasteiger charge is 2.28. The lowest BCUT2D eigenvalue weighted by molar-refractivity contribution is 0.0585. The average molecular weight is 233 g/mol. The van der Waals surface area contributed by atoms with Crippen LogP contribution in [0.3, 0.4) is 0 Å². The number of aliphatic hydroxyl groups excluding tert-OH is 1. The molecule has 0 bridgehead atoms. The topological polar surface area (TPSA) is 32.3 Å². The first-order chi connectivity index (χ1) is 7.97. The molecule has 1 saturated carbocycles. The van der Waals surface area contributed by atoms with E-state index in [1.165, 1.54) is 22.3 Å². The minimum atomic E-state index is -0.0828. The summed E-state index contributed by atoms with van der Waals surface area (Å²) >= 11 is 0. The zero-order chi connectivity index (χ0) is 12.6. The maximum Gasteiger partial charge on any atom is 0.0570 e. The minimum absolute atomic E-state index is 0.0828. The standard InChI is InChI=1S/C15H23NO/c1-9-5-11(3)15(6-10(9)2)12(4)16-13-7-14(17)8-13/h5-6,12-14,16-17H,7-8H2,1-4H3.